The van der Waals surface area contributed by atoms with Gasteiger partial charge in [0.2, 0.25) is 11.8 Å². The molecule has 0 saturated carbocycles. The number of esters is 1. The smallest absolute Gasteiger partial charge is 0.308 e. The molecule has 1 aliphatic heterocycles. The zero-order chi connectivity index (χ0) is 23.6. The maximum atomic E-state index is 12.7. The number of aryl methyl sites for hydroxylation is 1. The second-order valence-electron chi connectivity index (χ2n) is 7.53. The Morgan fingerprint density at radius 1 is 1.15 bits per heavy atom. The van der Waals surface area contributed by atoms with E-state index in [0.29, 0.717) is 18.5 Å². The van der Waals surface area contributed by atoms with E-state index in [4.69, 9.17) is 4.74 Å². The van der Waals surface area contributed by atoms with Gasteiger partial charge in [-0.1, -0.05) is 30.3 Å². The number of carbonyl (C=O) groups is 3. The number of nitrogens with zero attached hydrogens (tertiary/aromatic N) is 2. The van der Waals surface area contributed by atoms with E-state index in [0.717, 1.165) is 12.0 Å². The van der Waals surface area contributed by atoms with Crippen molar-refractivity contribution in [1.82, 2.24) is 10.2 Å². The number of ether oxygens (including phenoxy) is 1. The maximum absolute atomic E-state index is 12.7. The minimum Gasteiger partial charge on any atom is -0.466 e. The van der Waals surface area contributed by atoms with E-state index in [1.54, 1.807) is 0 Å². The summed E-state index contributed by atoms with van der Waals surface area (Å²) in [6.45, 7) is 0.787. The zero-order valence-corrected chi connectivity index (χ0v) is 18.0. The molecule has 1 fully saturated rings. The molecular weight excluding hydrogens is 426 g/mol. The number of rotatable bonds is 9. The van der Waals surface area contributed by atoms with Crippen molar-refractivity contribution in [2.24, 2.45) is 0 Å². The van der Waals surface area contributed by atoms with Crippen LogP contribution in [0.25, 0.3) is 6.08 Å². The van der Waals surface area contributed by atoms with E-state index in [1.165, 1.54) is 41.3 Å². The molecule has 0 aromatic heterocycles. The van der Waals surface area contributed by atoms with Crippen molar-refractivity contribution in [2.45, 2.75) is 25.3 Å². The monoisotopic (exact) mass is 451 g/mol. The van der Waals surface area contributed by atoms with Crippen LogP contribution in [0.1, 0.15) is 24.0 Å². The number of nitrogens with one attached hydrogen (secondary N) is 1. The van der Waals surface area contributed by atoms with Crippen molar-refractivity contribution in [2.75, 3.05) is 19.7 Å². The molecule has 1 atom stereocenters. The van der Waals surface area contributed by atoms with Crippen LogP contribution in [0.5, 0.6) is 0 Å². The second-order valence-corrected chi connectivity index (χ2v) is 7.53. The summed E-state index contributed by atoms with van der Waals surface area (Å²) in [4.78, 5) is 48.9. The van der Waals surface area contributed by atoms with Gasteiger partial charge in [-0.25, -0.2) is 0 Å². The lowest BCUT2D eigenvalue weighted by molar-refractivity contribution is -0.384. The fourth-order valence-electron chi connectivity index (χ4n) is 3.48. The minimum absolute atomic E-state index is 0.0477. The molecule has 0 aliphatic carbocycles. The average Bonchev–Trinajstić information content (AvgIpc) is 2.82. The van der Waals surface area contributed by atoms with Crippen LogP contribution in [-0.2, 0) is 25.5 Å². The van der Waals surface area contributed by atoms with Gasteiger partial charge < -0.3 is 15.0 Å². The summed E-state index contributed by atoms with van der Waals surface area (Å²) in [5.74, 6) is -1.37. The summed E-state index contributed by atoms with van der Waals surface area (Å²) < 4.78 is 5.27. The number of piperazine rings is 1. The van der Waals surface area contributed by atoms with Crippen molar-refractivity contribution in [3.8, 4) is 0 Å². The van der Waals surface area contributed by atoms with Gasteiger partial charge in [0, 0.05) is 31.3 Å². The van der Waals surface area contributed by atoms with Crippen LogP contribution in [0, 0.1) is 10.1 Å². The lowest BCUT2D eigenvalue weighted by Crippen LogP contribution is -2.57. The SMILES string of the molecule is O=C(CC1C(=O)NCCN1C(=O)/C=C/c1ccc([N+](=O)[O-])cc1)OCCCc1ccccc1. The van der Waals surface area contributed by atoms with Crippen LogP contribution in [-0.4, -0.2) is 53.3 Å². The van der Waals surface area contributed by atoms with E-state index in [-0.39, 0.29) is 25.3 Å². The lowest BCUT2D eigenvalue weighted by Gasteiger charge is -2.33. The fourth-order valence-corrected chi connectivity index (χ4v) is 3.48. The first-order valence-corrected chi connectivity index (χ1v) is 10.6. The number of non-ortho nitro benzene ring substituents is 1. The Morgan fingerprint density at radius 3 is 2.58 bits per heavy atom. The molecular formula is C24H25N3O6. The Balaban J connectivity index is 1.53. The normalized spacial score (nSPS) is 15.8. The number of hydrogen-bond donors (Lipinski definition) is 1. The first-order valence-electron chi connectivity index (χ1n) is 10.6. The second kappa shape index (κ2) is 11.6. The molecule has 0 radical (unpaired) electrons. The van der Waals surface area contributed by atoms with Gasteiger partial charge in [-0.05, 0) is 42.2 Å². The van der Waals surface area contributed by atoms with Gasteiger partial charge in [-0.2, -0.15) is 0 Å². The van der Waals surface area contributed by atoms with E-state index in [1.807, 2.05) is 30.3 Å². The van der Waals surface area contributed by atoms with Crippen molar-refractivity contribution >= 4 is 29.5 Å². The Bertz CT molecular complexity index is 1020. The molecule has 1 heterocycles. The predicted octanol–water partition coefficient (Wildman–Crippen LogP) is 2.50. The maximum Gasteiger partial charge on any atom is 0.308 e. The lowest BCUT2D eigenvalue weighted by atomic mass is 10.1. The molecule has 33 heavy (non-hydrogen) atoms. The summed E-state index contributed by atoms with van der Waals surface area (Å²) in [6, 6.07) is 14.6. The van der Waals surface area contributed by atoms with Crippen LogP contribution in [0.4, 0.5) is 5.69 Å². The number of benzene rings is 2. The number of nitro groups is 1. The van der Waals surface area contributed by atoms with Crippen LogP contribution in [0.2, 0.25) is 0 Å². The molecule has 0 bridgehead atoms. The van der Waals surface area contributed by atoms with Crippen LogP contribution in [0.3, 0.4) is 0 Å². The largest absolute Gasteiger partial charge is 0.466 e. The highest BCUT2D eigenvalue weighted by molar-refractivity contribution is 5.97. The summed E-state index contributed by atoms with van der Waals surface area (Å²) in [6.07, 6.45) is 4.01. The van der Waals surface area contributed by atoms with Gasteiger partial charge in [0.25, 0.3) is 5.69 Å². The number of carbonyl (C=O) groups excluding carboxylic acids is 3. The van der Waals surface area contributed by atoms with Crippen molar-refractivity contribution < 1.29 is 24.0 Å². The van der Waals surface area contributed by atoms with Crippen LogP contribution >= 0.6 is 0 Å². The summed E-state index contributed by atoms with van der Waals surface area (Å²) in [5, 5.41) is 13.4. The predicted molar refractivity (Wildman–Crippen MR) is 121 cm³/mol. The highest BCUT2D eigenvalue weighted by Gasteiger charge is 2.34. The summed E-state index contributed by atoms with van der Waals surface area (Å²) >= 11 is 0. The zero-order valence-electron chi connectivity index (χ0n) is 18.0. The molecule has 1 aliphatic rings. The molecule has 2 amide bonds. The number of nitro benzene ring substituents is 1. The third kappa shape index (κ3) is 6.99. The van der Waals surface area contributed by atoms with Gasteiger partial charge in [-0.3, -0.25) is 24.5 Å². The van der Waals surface area contributed by atoms with Crippen LogP contribution in [0.15, 0.2) is 60.7 Å². The third-order valence-electron chi connectivity index (χ3n) is 5.21. The molecule has 9 nitrogen and oxygen atoms in total. The number of hydrogen-bond acceptors (Lipinski definition) is 6. The fraction of sp³-hybridized carbons (Fsp3) is 0.292. The molecule has 1 N–H and O–H groups in total. The Morgan fingerprint density at radius 2 is 1.88 bits per heavy atom. The molecule has 0 spiro atoms. The third-order valence-corrected chi connectivity index (χ3v) is 5.21. The first kappa shape index (κ1) is 23.6. The van der Waals surface area contributed by atoms with Gasteiger partial charge in [0.05, 0.1) is 18.0 Å². The van der Waals surface area contributed by atoms with Gasteiger partial charge in [0.1, 0.15) is 6.04 Å². The van der Waals surface area contributed by atoms with Crippen molar-refractivity contribution in [3.05, 3.63) is 81.9 Å². The van der Waals surface area contributed by atoms with Gasteiger partial charge >= 0.3 is 5.97 Å². The first-order chi connectivity index (χ1) is 15.9. The molecule has 2 aromatic rings. The Hall–Kier alpha value is -4.01. The molecule has 1 saturated heterocycles. The standard InChI is InChI=1S/C24H25N3O6/c28-22(13-10-19-8-11-20(12-9-19)27(31)32)26-15-14-25-24(30)21(26)17-23(29)33-16-4-7-18-5-2-1-3-6-18/h1-3,5-6,8-13,21H,4,7,14-17H2,(H,25,30)/b13-10+. The van der Waals surface area contributed by atoms with E-state index in [2.05, 4.69) is 5.32 Å². The summed E-state index contributed by atoms with van der Waals surface area (Å²) in [5.41, 5.74) is 1.70. The Kier molecular flexibility index (Phi) is 8.29. The van der Waals surface area contributed by atoms with Crippen molar-refractivity contribution in [3.63, 3.8) is 0 Å². The van der Waals surface area contributed by atoms with Gasteiger partial charge in [-0.15, -0.1) is 0 Å². The number of amides is 2. The van der Waals surface area contributed by atoms with E-state index < -0.39 is 28.7 Å². The van der Waals surface area contributed by atoms with Crippen LogP contribution < -0.4 is 5.32 Å². The van der Waals surface area contributed by atoms with Crippen molar-refractivity contribution in [1.29, 1.82) is 0 Å². The van der Waals surface area contributed by atoms with E-state index in [9.17, 15) is 24.5 Å². The summed E-state index contributed by atoms with van der Waals surface area (Å²) in [7, 11) is 0. The highest BCUT2D eigenvalue weighted by atomic mass is 16.6. The highest BCUT2D eigenvalue weighted by Crippen LogP contribution is 2.15. The minimum atomic E-state index is -0.950. The molecule has 1 unspecified atom stereocenters. The molecule has 172 valence electrons. The molecule has 9 heteroatoms. The van der Waals surface area contributed by atoms with Gasteiger partial charge in [0.15, 0.2) is 0 Å². The van der Waals surface area contributed by atoms with E-state index >= 15 is 0 Å². The molecule has 2 aromatic carbocycles. The topological polar surface area (TPSA) is 119 Å². The average molecular weight is 451 g/mol. The Labute approximate surface area is 191 Å². The molecule has 3 rings (SSSR count). The quantitative estimate of drug-likeness (QED) is 0.206.